The standard InChI is InChI=1S/C22H21FN4O2/c23-17-8-6-15(7-9-17)12-21(29)27-11-3-4-16(14-27)22-25-19(13-20(28)26-22)18-5-1-2-10-24-18/h1-2,5-10,13,16H,3-4,11-12,14H2,(H,25,26,28). The van der Waals surface area contributed by atoms with E-state index in [9.17, 15) is 14.0 Å². The summed E-state index contributed by atoms with van der Waals surface area (Å²) in [6.07, 6.45) is 3.56. The minimum absolute atomic E-state index is 0.00969. The SMILES string of the molecule is O=C(Cc1ccc(F)cc1)N1CCCC(c2nc(-c3ccccn3)cc(=O)[nH]2)C1. The monoisotopic (exact) mass is 392 g/mol. The molecule has 1 aliphatic rings. The van der Waals surface area contributed by atoms with Crippen molar-refractivity contribution in [3.05, 3.63) is 82.3 Å². The van der Waals surface area contributed by atoms with Crippen molar-refractivity contribution in [1.29, 1.82) is 0 Å². The van der Waals surface area contributed by atoms with E-state index in [2.05, 4.69) is 15.0 Å². The summed E-state index contributed by atoms with van der Waals surface area (Å²) < 4.78 is 13.1. The van der Waals surface area contributed by atoms with Crippen LogP contribution in [0.4, 0.5) is 4.39 Å². The molecule has 6 nitrogen and oxygen atoms in total. The number of aromatic nitrogens is 3. The number of carbonyl (C=O) groups is 1. The van der Waals surface area contributed by atoms with Crippen LogP contribution in [-0.4, -0.2) is 38.8 Å². The molecule has 1 saturated heterocycles. The van der Waals surface area contributed by atoms with Crippen molar-refractivity contribution in [1.82, 2.24) is 19.9 Å². The maximum absolute atomic E-state index is 13.1. The number of hydrogen-bond donors (Lipinski definition) is 1. The molecule has 148 valence electrons. The van der Waals surface area contributed by atoms with Gasteiger partial charge in [0.05, 0.1) is 17.8 Å². The van der Waals surface area contributed by atoms with E-state index in [1.165, 1.54) is 18.2 Å². The molecule has 0 aliphatic carbocycles. The number of nitrogens with one attached hydrogen (secondary N) is 1. The summed E-state index contributed by atoms with van der Waals surface area (Å²) in [5, 5.41) is 0. The number of rotatable bonds is 4. The number of amides is 1. The van der Waals surface area contributed by atoms with E-state index in [4.69, 9.17) is 0 Å². The summed E-state index contributed by atoms with van der Waals surface area (Å²) in [7, 11) is 0. The summed E-state index contributed by atoms with van der Waals surface area (Å²) in [6.45, 7) is 1.16. The lowest BCUT2D eigenvalue weighted by molar-refractivity contribution is -0.131. The minimum atomic E-state index is -0.318. The predicted octanol–water partition coefficient (Wildman–Crippen LogP) is 2.92. The number of aromatic amines is 1. The zero-order valence-corrected chi connectivity index (χ0v) is 15.8. The molecule has 3 heterocycles. The number of likely N-dealkylation sites (tertiary alicyclic amines) is 1. The first-order valence-corrected chi connectivity index (χ1v) is 9.63. The first-order chi connectivity index (χ1) is 14.1. The van der Waals surface area contributed by atoms with Gasteiger partial charge < -0.3 is 9.88 Å². The van der Waals surface area contributed by atoms with E-state index in [0.29, 0.717) is 30.3 Å². The second-order valence-electron chi connectivity index (χ2n) is 7.21. The van der Waals surface area contributed by atoms with Crippen LogP contribution in [0.25, 0.3) is 11.4 Å². The van der Waals surface area contributed by atoms with Gasteiger partial charge in [-0.25, -0.2) is 9.37 Å². The molecule has 0 saturated carbocycles. The van der Waals surface area contributed by atoms with Gasteiger partial charge in [-0.2, -0.15) is 0 Å². The van der Waals surface area contributed by atoms with Crippen LogP contribution in [0.3, 0.4) is 0 Å². The normalized spacial score (nSPS) is 16.6. The maximum Gasteiger partial charge on any atom is 0.251 e. The minimum Gasteiger partial charge on any atom is -0.342 e. The summed E-state index contributed by atoms with van der Waals surface area (Å²) in [6, 6.07) is 12.9. The third-order valence-corrected chi connectivity index (χ3v) is 5.12. The molecule has 1 unspecified atom stereocenters. The molecule has 0 radical (unpaired) electrons. The Hall–Kier alpha value is -3.35. The molecule has 0 bridgehead atoms. The Labute approximate surface area is 167 Å². The Morgan fingerprint density at radius 1 is 1.17 bits per heavy atom. The fourth-order valence-electron chi connectivity index (χ4n) is 3.63. The molecule has 1 aliphatic heterocycles. The van der Waals surface area contributed by atoms with Gasteiger partial charge in [0.1, 0.15) is 11.6 Å². The second kappa shape index (κ2) is 8.34. The van der Waals surface area contributed by atoms with Crippen LogP contribution in [0, 0.1) is 5.82 Å². The van der Waals surface area contributed by atoms with E-state index >= 15 is 0 Å². The fraction of sp³-hybridized carbons (Fsp3) is 0.273. The quantitative estimate of drug-likeness (QED) is 0.741. The molecule has 3 aromatic rings. The Balaban J connectivity index is 1.51. The van der Waals surface area contributed by atoms with Crippen LogP contribution in [0.15, 0.2) is 59.5 Å². The van der Waals surface area contributed by atoms with Crippen molar-refractivity contribution in [3.8, 4) is 11.4 Å². The van der Waals surface area contributed by atoms with Crippen molar-refractivity contribution in [2.45, 2.75) is 25.2 Å². The third-order valence-electron chi connectivity index (χ3n) is 5.12. The topological polar surface area (TPSA) is 79.0 Å². The van der Waals surface area contributed by atoms with Crippen LogP contribution in [-0.2, 0) is 11.2 Å². The summed E-state index contributed by atoms with van der Waals surface area (Å²) in [4.78, 5) is 38.4. The number of pyridine rings is 1. The number of halogens is 1. The Bertz CT molecular complexity index is 1050. The molecule has 0 spiro atoms. The number of H-pyrrole nitrogens is 1. The zero-order valence-electron chi connectivity index (χ0n) is 15.8. The first kappa shape index (κ1) is 19.0. The Kier molecular flexibility index (Phi) is 5.46. The van der Waals surface area contributed by atoms with Crippen LogP contribution < -0.4 is 5.56 Å². The van der Waals surface area contributed by atoms with Gasteiger partial charge in [0.2, 0.25) is 5.91 Å². The number of piperidine rings is 1. The van der Waals surface area contributed by atoms with Crippen molar-refractivity contribution in [2.75, 3.05) is 13.1 Å². The Morgan fingerprint density at radius 2 is 2.00 bits per heavy atom. The highest BCUT2D eigenvalue weighted by molar-refractivity contribution is 5.79. The number of carbonyl (C=O) groups excluding carboxylic acids is 1. The zero-order chi connectivity index (χ0) is 20.2. The van der Waals surface area contributed by atoms with Crippen LogP contribution in [0.1, 0.15) is 30.1 Å². The van der Waals surface area contributed by atoms with Gasteiger partial charge in [-0.1, -0.05) is 18.2 Å². The molecule has 1 N–H and O–H groups in total. The van der Waals surface area contributed by atoms with E-state index in [1.807, 2.05) is 18.2 Å². The lowest BCUT2D eigenvalue weighted by Gasteiger charge is -2.32. The van der Waals surface area contributed by atoms with E-state index in [-0.39, 0.29) is 29.6 Å². The predicted molar refractivity (Wildman–Crippen MR) is 107 cm³/mol. The van der Waals surface area contributed by atoms with Crippen molar-refractivity contribution >= 4 is 5.91 Å². The van der Waals surface area contributed by atoms with Gasteiger partial charge in [-0.15, -0.1) is 0 Å². The molecule has 1 aromatic carbocycles. The second-order valence-corrected chi connectivity index (χ2v) is 7.21. The lowest BCUT2D eigenvalue weighted by Crippen LogP contribution is -2.40. The van der Waals surface area contributed by atoms with Gasteiger partial charge in [0, 0.05) is 31.3 Å². The summed E-state index contributed by atoms with van der Waals surface area (Å²) >= 11 is 0. The van der Waals surface area contributed by atoms with Crippen molar-refractivity contribution in [3.63, 3.8) is 0 Å². The largest absolute Gasteiger partial charge is 0.342 e. The van der Waals surface area contributed by atoms with Crippen LogP contribution in [0.5, 0.6) is 0 Å². The van der Waals surface area contributed by atoms with Crippen LogP contribution >= 0.6 is 0 Å². The molecular formula is C22H21FN4O2. The van der Waals surface area contributed by atoms with E-state index in [0.717, 1.165) is 18.4 Å². The van der Waals surface area contributed by atoms with E-state index < -0.39 is 0 Å². The molecular weight excluding hydrogens is 371 g/mol. The smallest absolute Gasteiger partial charge is 0.251 e. The van der Waals surface area contributed by atoms with Crippen LogP contribution in [0.2, 0.25) is 0 Å². The van der Waals surface area contributed by atoms with Gasteiger partial charge >= 0.3 is 0 Å². The number of nitrogens with zero attached hydrogens (tertiary/aromatic N) is 3. The molecule has 1 amide bonds. The van der Waals surface area contributed by atoms with E-state index in [1.54, 1.807) is 23.2 Å². The number of hydrogen-bond acceptors (Lipinski definition) is 4. The first-order valence-electron chi connectivity index (χ1n) is 9.63. The van der Waals surface area contributed by atoms with Crippen molar-refractivity contribution < 1.29 is 9.18 Å². The van der Waals surface area contributed by atoms with Gasteiger partial charge in [0.15, 0.2) is 0 Å². The average Bonchev–Trinajstić information content (AvgIpc) is 2.75. The van der Waals surface area contributed by atoms with Gasteiger partial charge in [-0.3, -0.25) is 14.6 Å². The Morgan fingerprint density at radius 3 is 2.76 bits per heavy atom. The van der Waals surface area contributed by atoms with Gasteiger partial charge in [0.25, 0.3) is 5.56 Å². The fourth-order valence-corrected chi connectivity index (χ4v) is 3.63. The number of benzene rings is 1. The third kappa shape index (κ3) is 4.56. The average molecular weight is 392 g/mol. The maximum atomic E-state index is 13.1. The lowest BCUT2D eigenvalue weighted by atomic mass is 9.96. The molecule has 4 rings (SSSR count). The van der Waals surface area contributed by atoms with Gasteiger partial charge in [-0.05, 0) is 42.7 Å². The highest BCUT2D eigenvalue weighted by Crippen LogP contribution is 2.25. The molecule has 7 heteroatoms. The molecule has 29 heavy (non-hydrogen) atoms. The highest BCUT2D eigenvalue weighted by Gasteiger charge is 2.26. The molecule has 1 atom stereocenters. The molecule has 1 fully saturated rings. The van der Waals surface area contributed by atoms with Crippen molar-refractivity contribution in [2.24, 2.45) is 0 Å². The summed E-state index contributed by atoms with van der Waals surface area (Å²) in [5.41, 5.74) is 1.71. The highest BCUT2D eigenvalue weighted by atomic mass is 19.1. The summed E-state index contributed by atoms with van der Waals surface area (Å²) in [5.74, 6) is 0.210. The molecule has 2 aromatic heterocycles.